The maximum Gasteiger partial charge on any atom is 0.110 e. The third kappa shape index (κ3) is 3.17. The number of hydrogen-bond acceptors (Lipinski definition) is 3. The van der Waals surface area contributed by atoms with E-state index in [0.717, 1.165) is 32.0 Å². The van der Waals surface area contributed by atoms with Gasteiger partial charge in [-0.3, -0.25) is 9.47 Å². The van der Waals surface area contributed by atoms with Crippen LogP contribution < -0.4 is 5.32 Å². The van der Waals surface area contributed by atoms with Crippen LogP contribution >= 0.6 is 0 Å². The topological polar surface area (TPSA) is 33.1 Å². The average molecular weight is 284 g/mol. The molecule has 0 atom stereocenters. The summed E-state index contributed by atoms with van der Waals surface area (Å²) < 4.78 is 2.26. The molecule has 112 valence electrons. The number of aromatic nitrogens is 2. The van der Waals surface area contributed by atoms with E-state index in [-0.39, 0.29) is 5.54 Å². The molecule has 0 aliphatic carbocycles. The molecule has 2 aromatic rings. The van der Waals surface area contributed by atoms with E-state index in [1.54, 1.807) is 0 Å². The summed E-state index contributed by atoms with van der Waals surface area (Å²) in [6.45, 7) is 10.7. The van der Waals surface area contributed by atoms with E-state index in [9.17, 15) is 0 Å². The van der Waals surface area contributed by atoms with E-state index in [1.165, 1.54) is 11.4 Å². The van der Waals surface area contributed by atoms with Crippen LogP contribution in [0, 0.1) is 6.92 Å². The van der Waals surface area contributed by atoms with Gasteiger partial charge in [0.2, 0.25) is 0 Å². The van der Waals surface area contributed by atoms with Gasteiger partial charge in [0.25, 0.3) is 0 Å². The Morgan fingerprint density at radius 1 is 1.24 bits per heavy atom. The summed E-state index contributed by atoms with van der Waals surface area (Å²) in [6, 6.07) is 10.5. The molecule has 1 aliphatic heterocycles. The Bertz CT molecular complexity index is 601. The van der Waals surface area contributed by atoms with Gasteiger partial charge in [-0.2, -0.15) is 0 Å². The lowest BCUT2D eigenvalue weighted by atomic mass is 10.0. The largest absolute Gasteiger partial charge is 0.309 e. The zero-order valence-corrected chi connectivity index (χ0v) is 13.1. The molecule has 1 saturated heterocycles. The summed E-state index contributed by atoms with van der Waals surface area (Å²) in [4.78, 5) is 7.02. The highest BCUT2D eigenvalue weighted by atomic mass is 15.2. The zero-order valence-electron chi connectivity index (χ0n) is 13.1. The highest BCUT2D eigenvalue weighted by Gasteiger charge is 2.26. The monoisotopic (exact) mass is 284 g/mol. The molecule has 1 fully saturated rings. The molecule has 1 aromatic carbocycles. The van der Waals surface area contributed by atoms with Crippen LogP contribution in [0.15, 0.2) is 36.5 Å². The fraction of sp³-hybridized carbons (Fsp3) is 0.471. The first-order chi connectivity index (χ1) is 10.1. The smallest absolute Gasteiger partial charge is 0.110 e. The predicted octanol–water partition coefficient (Wildman–Crippen LogP) is 2.36. The lowest BCUT2D eigenvalue weighted by Gasteiger charge is -2.39. The fourth-order valence-corrected chi connectivity index (χ4v) is 3.14. The van der Waals surface area contributed by atoms with Crippen LogP contribution in [0.4, 0.5) is 0 Å². The maximum absolute atomic E-state index is 4.52. The van der Waals surface area contributed by atoms with Crippen molar-refractivity contribution in [1.82, 2.24) is 19.8 Å². The summed E-state index contributed by atoms with van der Waals surface area (Å²) in [7, 11) is 0. The molecule has 0 amide bonds. The number of benzene rings is 1. The molecule has 3 rings (SSSR count). The summed E-state index contributed by atoms with van der Waals surface area (Å²) in [5, 5.41) is 3.56. The van der Waals surface area contributed by atoms with E-state index in [4.69, 9.17) is 0 Å². The summed E-state index contributed by atoms with van der Waals surface area (Å²) in [5.74, 6) is 1.05. The first-order valence-electron chi connectivity index (χ1n) is 7.61. The Labute approximate surface area is 126 Å². The van der Waals surface area contributed by atoms with E-state index in [0.29, 0.717) is 0 Å². The van der Waals surface area contributed by atoms with Gasteiger partial charge in [-0.1, -0.05) is 18.2 Å². The SMILES string of the molecule is Cc1ncc(CN2CCNC(C)(C)C2)n1-c1ccccc1. The second-order valence-corrected chi connectivity index (χ2v) is 6.49. The van der Waals surface area contributed by atoms with Gasteiger partial charge in [-0.15, -0.1) is 0 Å². The Morgan fingerprint density at radius 2 is 2.00 bits per heavy atom. The highest BCUT2D eigenvalue weighted by Crippen LogP contribution is 2.18. The first-order valence-corrected chi connectivity index (χ1v) is 7.61. The van der Waals surface area contributed by atoms with E-state index >= 15 is 0 Å². The highest BCUT2D eigenvalue weighted by molar-refractivity contribution is 5.35. The molecule has 0 bridgehead atoms. The molecule has 0 radical (unpaired) electrons. The van der Waals surface area contributed by atoms with Crippen LogP contribution in [0.1, 0.15) is 25.4 Å². The van der Waals surface area contributed by atoms with E-state index in [2.05, 4.69) is 64.8 Å². The van der Waals surface area contributed by atoms with Crippen LogP contribution in [0.25, 0.3) is 5.69 Å². The molecular weight excluding hydrogens is 260 g/mol. The Kier molecular flexibility index (Phi) is 3.83. The van der Waals surface area contributed by atoms with Crippen LogP contribution in [0.3, 0.4) is 0 Å². The normalized spacial score (nSPS) is 18.8. The molecule has 1 aromatic heterocycles. The summed E-state index contributed by atoms with van der Waals surface area (Å²) in [5.41, 5.74) is 2.64. The van der Waals surface area contributed by atoms with Gasteiger partial charge in [0.1, 0.15) is 5.82 Å². The molecular formula is C17H24N4. The van der Waals surface area contributed by atoms with E-state index in [1.807, 2.05) is 12.3 Å². The third-order valence-electron chi connectivity index (χ3n) is 4.06. The number of imidazole rings is 1. The van der Waals surface area contributed by atoms with Crippen molar-refractivity contribution in [3.63, 3.8) is 0 Å². The standard InChI is InChI=1S/C17H24N4/c1-14-18-11-16(21(14)15-7-5-4-6-8-15)12-20-10-9-19-17(2,3)13-20/h4-8,11,19H,9-10,12-13H2,1-3H3. The Balaban J connectivity index is 1.84. The van der Waals surface area contributed by atoms with Gasteiger partial charge in [-0.25, -0.2) is 4.98 Å². The molecule has 4 heteroatoms. The number of aryl methyl sites for hydroxylation is 1. The van der Waals surface area contributed by atoms with Crippen molar-refractivity contribution in [1.29, 1.82) is 0 Å². The van der Waals surface area contributed by atoms with Crippen LogP contribution in [0.2, 0.25) is 0 Å². The average Bonchev–Trinajstić information content (AvgIpc) is 2.79. The van der Waals surface area contributed by atoms with Crippen molar-refractivity contribution < 1.29 is 0 Å². The molecule has 0 saturated carbocycles. The fourth-order valence-electron chi connectivity index (χ4n) is 3.14. The number of hydrogen-bond donors (Lipinski definition) is 1. The quantitative estimate of drug-likeness (QED) is 0.939. The molecule has 4 nitrogen and oxygen atoms in total. The lowest BCUT2D eigenvalue weighted by Crippen LogP contribution is -2.56. The molecule has 1 aliphatic rings. The molecule has 21 heavy (non-hydrogen) atoms. The second kappa shape index (κ2) is 5.62. The van der Waals surface area contributed by atoms with Crippen molar-refractivity contribution >= 4 is 0 Å². The summed E-state index contributed by atoms with van der Waals surface area (Å²) in [6.07, 6.45) is 2.01. The second-order valence-electron chi connectivity index (χ2n) is 6.49. The van der Waals surface area contributed by atoms with Gasteiger partial charge < -0.3 is 5.32 Å². The van der Waals surface area contributed by atoms with Crippen molar-refractivity contribution in [2.75, 3.05) is 19.6 Å². The third-order valence-corrected chi connectivity index (χ3v) is 4.06. The predicted molar refractivity (Wildman–Crippen MR) is 85.7 cm³/mol. The van der Waals surface area contributed by atoms with Crippen LogP contribution in [-0.2, 0) is 6.54 Å². The van der Waals surface area contributed by atoms with Crippen molar-refractivity contribution in [2.24, 2.45) is 0 Å². The minimum Gasteiger partial charge on any atom is -0.309 e. The Hall–Kier alpha value is -1.65. The van der Waals surface area contributed by atoms with Crippen molar-refractivity contribution in [2.45, 2.75) is 32.9 Å². The number of nitrogens with one attached hydrogen (secondary N) is 1. The minimum atomic E-state index is 0.185. The van der Waals surface area contributed by atoms with Crippen molar-refractivity contribution in [3.05, 3.63) is 48.0 Å². The first kappa shape index (κ1) is 14.3. The zero-order chi connectivity index (χ0) is 14.9. The number of rotatable bonds is 3. The number of para-hydroxylation sites is 1. The Morgan fingerprint density at radius 3 is 2.71 bits per heavy atom. The molecule has 1 N–H and O–H groups in total. The van der Waals surface area contributed by atoms with Gasteiger partial charge in [0.05, 0.1) is 11.9 Å². The van der Waals surface area contributed by atoms with Gasteiger partial charge in [-0.05, 0) is 32.9 Å². The van der Waals surface area contributed by atoms with Gasteiger partial charge in [0, 0.05) is 37.4 Å². The lowest BCUT2D eigenvalue weighted by molar-refractivity contribution is 0.146. The van der Waals surface area contributed by atoms with Crippen LogP contribution in [0.5, 0.6) is 0 Å². The molecule has 0 unspecified atom stereocenters. The number of nitrogens with zero attached hydrogens (tertiary/aromatic N) is 3. The molecule has 2 heterocycles. The van der Waals surface area contributed by atoms with Gasteiger partial charge in [0.15, 0.2) is 0 Å². The summed E-state index contributed by atoms with van der Waals surface area (Å²) >= 11 is 0. The van der Waals surface area contributed by atoms with Crippen molar-refractivity contribution in [3.8, 4) is 5.69 Å². The number of piperazine rings is 1. The minimum absolute atomic E-state index is 0.185. The van der Waals surface area contributed by atoms with E-state index < -0.39 is 0 Å². The molecule has 0 spiro atoms. The van der Waals surface area contributed by atoms with Gasteiger partial charge >= 0.3 is 0 Å². The van der Waals surface area contributed by atoms with Crippen LogP contribution in [-0.4, -0.2) is 39.6 Å². The maximum atomic E-state index is 4.52.